The van der Waals surface area contributed by atoms with Crippen LogP contribution in [0.1, 0.15) is 50.2 Å². The highest BCUT2D eigenvalue weighted by Gasteiger charge is 2.40. The zero-order chi connectivity index (χ0) is 22.3. The van der Waals surface area contributed by atoms with Crippen molar-refractivity contribution in [2.24, 2.45) is 5.41 Å². The summed E-state index contributed by atoms with van der Waals surface area (Å²) in [5, 5.41) is 3.82. The smallest absolute Gasteiger partial charge is 0.118 e. The topological polar surface area (TPSA) is 33.7 Å². The lowest BCUT2D eigenvalue weighted by Gasteiger charge is -2.46. The molecule has 0 bridgehead atoms. The minimum atomic E-state index is -0.0500. The Hall–Kier alpha value is -1.88. The third kappa shape index (κ3) is 6.80. The lowest BCUT2D eigenvalue weighted by Crippen LogP contribution is -2.51. The van der Waals surface area contributed by atoms with Gasteiger partial charge in [-0.3, -0.25) is 0 Å². The van der Waals surface area contributed by atoms with Gasteiger partial charge in [-0.1, -0.05) is 42.5 Å². The second-order valence-electron chi connectivity index (χ2n) is 9.97. The molecule has 1 N–H and O–H groups in total. The summed E-state index contributed by atoms with van der Waals surface area (Å²) in [5.74, 6) is 1.27. The Morgan fingerprint density at radius 1 is 1.03 bits per heavy atom. The predicted octanol–water partition coefficient (Wildman–Crippen LogP) is 4.94. The molecule has 31 heavy (non-hydrogen) atoms. The van der Waals surface area contributed by atoms with Crippen LogP contribution < -0.4 is 10.1 Å². The third-order valence-corrected chi connectivity index (χ3v) is 6.41. The molecule has 1 fully saturated rings. The normalized spacial score (nSPS) is 21.7. The van der Waals surface area contributed by atoms with E-state index in [0.29, 0.717) is 5.92 Å². The minimum Gasteiger partial charge on any atom is -0.497 e. The molecule has 1 saturated heterocycles. The van der Waals surface area contributed by atoms with Crippen LogP contribution in [0.2, 0.25) is 0 Å². The Bertz CT molecular complexity index is 789. The van der Waals surface area contributed by atoms with Gasteiger partial charge in [-0.15, -0.1) is 0 Å². The lowest BCUT2D eigenvalue weighted by atomic mass is 9.73. The first-order valence-corrected chi connectivity index (χ1v) is 11.5. The number of rotatable bonds is 10. The Labute approximate surface area is 188 Å². The molecule has 1 heterocycles. The zero-order valence-electron chi connectivity index (χ0n) is 20.0. The first kappa shape index (κ1) is 23.8. The summed E-state index contributed by atoms with van der Waals surface area (Å²) in [7, 11) is 6.08. The molecule has 170 valence electrons. The van der Waals surface area contributed by atoms with Gasteiger partial charge in [0, 0.05) is 31.0 Å². The van der Waals surface area contributed by atoms with Gasteiger partial charge in [0.2, 0.25) is 0 Å². The van der Waals surface area contributed by atoms with Crippen LogP contribution in [-0.2, 0) is 4.74 Å². The Morgan fingerprint density at radius 2 is 1.71 bits per heavy atom. The fourth-order valence-corrected chi connectivity index (χ4v) is 5.25. The maximum atomic E-state index is 6.02. The van der Waals surface area contributed by atoms with Crippen LogP contribution in [0.4, 0.5) is 0 Å². The van der Waals surface area contributed by atoms with Crippen molar-refractivity contribution in [3.63, 3.8) is 0 Å². The Morgan fingerprint density at radius 3 is 2.32 bits per heavy atom. The fourth-order valence-electron chi connectivity index (χ4n) is 5.25. The molecule has 0 radical (unpaired) electrons. The van der Waals surface area contributed by atoms with E-state index in [-0.39, 0.29) is 11.0 Å². The van der Waals surface area contributed by atoms with Crippen molar-refractivity contribution in [1.82, 2.24) is 10.2 Å². The van der Waals surface area contributed by atoms with Gasteiger partial charge in [-0.05, 0) is 77.0 Å². The molecule has 4 heteroatoms. The van der Waals surface area contributed by atoms with Crippen LogP contribution in [0, 0.1) is 5.41 Å². The van der Waals surface area contributed by atoms with E-state index in [4.69, 9.17) is 9.47 Å². The molecule has 4 nitrogen and oxygen atoms in total. The van der Waals surface area contributed by atoms with Crippen LogP contribution in [-0.4, -0.2) is 57.9 Å². The van der Waals surface area contributed by atoms with Crippen molar-refractivity contribution in [3.05, 3.63) is 65.7 Å². The summed E-state index contributed by atoms with van der Waals surface area (Å²) >= 11 is 0. The summed E-state index contributed by atoms with van der Waals surface area (Å²) in [6, 6.07) is 19.4. The number of hydrogen-bond acceptors (Lipinski definition) is 4. The number of nitrogens with one attached hydrogen (secondary N) is 1. The predicted molar refractivity (Wildman–Crippen MR) is 129 cm³/mol. The summed E-state index contributed by atoms with van der Waals surface area (Å²) in [6.07, 6.45) is 3.27. The molecule has 1 aliphatic rings. The van der Waals surface area contributed by atoms with E-state index in [0.717, 1.165) is 51.3 Å². The monoisotopic (exact) mass is 424 g/mol. The average Bonchev–Trinajstić information content (AvgIpc) is 2.73. The number of nitrogens with zero attached hydrogens (tertiary/aromatic N) is 1. The molecule has 0 aromatic heterocycles. The van der Waals surface area contributed by atoms with Crippen LogP contribution in [0.15, 0.2) is 54.6 Å². The third-order valence-electron chi connectivity index (χ3n) is 6.41. The highest BCUT2D eigenvalue weighted by atomic mass is 16.5. The molecule has 0 amide bonds. The van der Waals surface area contributed by atoms with Crippen molar-refractivity contribution >= 4 is 0 Å². The first-order valence-electron chi connectivity index (χ1n) is 11.5. The Balaban J connectivity index is 1.66. The number of benzene rings is 2. The quantitative estimate of drug-likeness (QED) is 0.548. The molecule has 2 aromatic carbocycles. The molecular formula is C27H40N2O2. The first-order chi connectivity index (χ1) is 14.8. The molecule has 2 unspecified atom stereocenters. The SMILES string of the molecule is COc1ccc(C(CCNCC2(CN(C)C)CCOC(C)(C)C2)c2ccccc2)cc1. The lowest BCUT2D eigenvalue weighted by molar-refractivity contribution is -0.109. The number of hydrogen-bond donors (Lipinski definition) is 1. The molecule has 3 rings (SSSR count). The summed E-state index contributed by atoms with van der Waals surface area (Å²) < 4.78 is 11.4. The largest absolute Gasteiger partial charge is 0.497 e. The van der Waals surface area contributed by atoms with E-state index in [1.807, 2.05) is 0 Å². The molecular weight excluding hydrogens is 384 g/mol. The summed E-state index contributed by atoms with van der Waals surface area (Å²) in [4.78, 5) is 2.33. The van der Waals surface area contributed by atoms with Gasteiger partial charge in [0.1, 0.15) is 5.75 Å². The van der Waals surface area contributed by atoms with Gasteiger partial charge in [0.05, 0.1) is 12.7 Å². The van der Waals surface area contributed by atoms with E-state index in [2.05, 4.69) is 92.8 Å². The fraction of sp³-hybridized carbons (Fsp3) is 0.556. The van der Waals surface area contributed by atoms with Crippen LogP contribution >= 0.6 is 0 Å². The van der Waals surface area contributed by atoms with E-state index < -0.39 is 0 Å². The molecule has 2 atom stereocenters. The van der Waals surface area contributed by atoms with Gasteiger partial charge < -0.3 is 19.7 Å². The minimum absolute atomic E-state index is 0.0500. The summed E-state index contributed by atoms with van der Waals surface area (Å²) in [6.45, 7) is 8.41. The molecule has 1 aliphatic heterocycles. The molecule has 0 aliphatic carbocycles. The van der Waals surface area contributed by atoms with E-state index in [1.54, 1.807) is 7.11 Å². The molecule has 2 aromatic rings. The van der Waals surface area contributed by atoms with Gasteiger partial charge >= 0.3 is 0 Å². The van der Waals surface area contributed by atoms with Crippen molar-refractivity contribution < 1.29 is 9.47 Å². The standard InChI is InChI=1S/C27H40N2O2/c1-26(2)19-27(16-18-31-26,21-29(3)4)20-28-17-15-25(22-9-7-6-8-10-22)23-11-13-24(30-5)14-12-23/h6-14,25,28H,15-21H2,1-5H3. The van der Waals surface area contributed by atoms with Crippen LogP contribution in [0.3, 0.4) is 0 Å². The second-order valence-corrected chi connectivity index (χ2v) is 9.97. The van der Waals surface area contributed by atoms with Gasteiger partial charge in [-0.25, -0.2) is 0 Å². The molecule has 0 spiro atoms. The van der Waals surface area contributed by atoms with Gasteiger partial charge in [-0.2, -0.15) is 0 Å². The molecule has 0 saturated carbocycles. The van der Waals surface area contributed by atoms with Crippen molar-refractivity contribution in [2.45, 2.75) is 44.6 Å². The highest BCUT2D eigenvalue weighted by molar-refractivity contribution is 5.36. The van der Waals surface area contributed by atoms with E-state index in [9.17, 15) is 0 Å². The maximum absolute atomic E-state index is 6.02. The highest BCUT2D eigenvalue weighted by Crippen LogP contribution is 2.39. The number of ether oxygens (including phenoxy) is 2. The zero-order valence-corrected chi connectivity index (χ0v) is 20.0. The van der Waals surface area contributed by atoms with E-state index >= 15 is 0 Å². The van der Waals surface area contributed by atoms with Crippen LogP contribution in [0.5, 0.6) is 5.75 Å². The maximum Gasteiger partial charge on any atom is 0.118 e. The number of methoxy groups -OCH3 is 1. The second kappa shape index (κ2) is 10.6. The average molecular weight is 425 g/mol. The van der Waals surface area contributed by atoms with Gasteiger partial charge in [0.15, 0.2) is 0 Å². The Kier molecular flexibility index (Phi) is 8.15. The van der Waals surface area contributed by atoms with Gasteiger partial charge in [0.25, 0.3) is 0 Å². The van der Waals surface area contributed by atoms with Crippen molar-refractivity contribution in [1.29, 1.82) is 0 Å². The van der Waals surface area contributed by atoms with Crippen molar-refractivity contribution in [3.8, 4) is 5.75 Å². The van der Waals surface area contributed by atoms with Crippen LogP contribution in [0.25, 0.3) is 0 Å². The van der Waals surface area contributed by atoms with Crippen molar-refractivity contribution in [2.75, 3.05) is 47.4 Å². The van der Waals surface area contributed by atoms with E-state index in [1.165, 1.54) is 11.1 Å². The summed E-state index contributed by atoms with van der Waals surface area (Å²) in [5.41, 5.74) is 2.91.